The van der Waals surface area contributed by atoms with E-state index in [2.05, 4.69) is 34.6 Å². The predicted molar refractivity (Wildman–Crippen MR) is 87.7 cm³/mol. The monoisotopic (exact) mass is 301 g/mol. The average molecular weight is 301 g/mol. The zero-order valence-electron chi connectivity index (χ0n) is 15.7. The van der Waals surface area contributed by atoms with Crippen molar-refractivity contribution in [1.82, 2.24) is 0 Å². The largest absolute Gasteiger partial charge is 0.378 e. The third kappa shape index (κ3) is 7.12. The van der Waals surface area contributed by atoms with Gasteiger partial charge in [0.1, 0.15) is 0 Å². The fourth-order valence-electron chi connectivity index (χ4n) is 1.92. The summed E-state index contributed by atoms with van der Waals surface area (Å²) >= 11 is 0. The van der Waals surface area contributed by atoms with Gasteiger partial charge in [-0.25, -0.2) is 5.11 Å². The second-order valence-electron chi connectivity index (χ2n) is 7.91. The molecule has 3 nitrogen and oxygen atoms in total. The third-order valence-corrected chi connectivity index (χ3v) is 4.86. The minimum absolute atomic E-state index is 0.0888. The normalized spacial score (nSPS) is 17.9. The molecule has 127 valence electrons. The molecule has 3 heteroatoms. The van der Waals surface area contributed by atoms with Crippen LogP contribution in [0.5, 0.6) is 0 Å². The molecule has 3 unspecified atom stereocenters. The van der Waals surface area contributed by atoms with Crippen LogP contribution in [-0.4, -0.2) is 24.6 Å². The van der Waals surface area contributed by atoms with Gasteiger partial charge in [0.05, 0.1) is 18.3 Å². The number of hydrogen-bond donors (Lipinski definition) is 0. The van der Waals surface area contributed by atoms with E-state index in [9.17, 15) is 5.11 Å². The summed E-state index contributed by atoms with van der Waals surface area (Å²) in [6.07, 6.45) is 0.967. The first kappa shape index (κ1) is 20.9. The maximum absolute atomic E-state index is 12.2. The van der Waals surface area contributed by atoms with Gasteiger partial charge in [-0.15, -0.1) is 0 Å². The standard InChI is InChI=1S/C18H37O3/c1-10-15(11-2)16(19)21-18(8,9)13(3)12-20-14(4)17(5,6)7/h13-16H,10-12H2,1-9H3. The molecule has 21 heavy (non-hydrogen) atoms. The predicted octanol–water partition coefficient (Wildman–Crippen LogP) is 5.06. The summed E-state index contributed by atoms with van der Waals surface area (Å²) in [5.41, 5.74) is -0.339. The van der Waals surface area contributed by atoms with Crippen LogP contribution in [0.15, 0.2) is 0 Å². The Morgan fingerprint density at radius 1 is 0.952 bits per heavy atom. The molecule has 0 saturated heterocycles. The molecule has 0 heterocycles. The van der Waals surface area contributed by atoms with Crippen LogP contribution in [0.4, 0.5) is 0 Å². The molecule has 0 rings (SSSR count). The second kappa shape index (κ2) is 8.50. The van der Waals surface area contributed by atoms with Crippen molar-refractivity contribution >= 4 is 0 Å². The van der Waals surface area contributed by atoms with E-state index < -0.39 is 11.9 Å². The summed E-state index contributed by atoms with van der Waals surface area (Å²) in [7, 11) is 0. The maximum Gasteiger partial charge on any atom is 0.194 e. The zero-order chi connectivity index (χ0) is 16.8. The lowest BCUT2D eigenvalue weighted by Gasteiger charge is -2.37. The van der Waals surface area contributed by atoms with E-state index in [1.54, 1.807) is 0 Å². The molecule has 0 fully saturated rings. The minimum atomic E-state index is -0.947. The maximum atomic E-state index is 12.2. The van der Waals surface area contributed by atoms with Crippen molar-refractivity contribution in [2.24, 2.45) is 17.3 Å². The van der Waals surface area contributed by atoms with Gasteiger partial charge >= 0.3 is 0 Å². The van der Waals surface area contributed by atoms with Crippen molar-refractivity contribution in [3.63, 3.8) is 0 Å². The van der Waals surface area contributed by atoms with Gasteiger partial charge < -0.3 is 9.47 Å². The van der Waals surface area contributed by atoms with Crippen LogP contribution in [0.25, 0.3) is 0 Å². The van der Waals surface area contributed by atoms with Gasteiger partial charge in [-0.05, 0) is 39.0 Å². The summed E-state index contributed by atoms with van der Waals surface area (Å²) in [5.74, 6) is 0.263. The van der Waals surface area contributed by atoms with Gasteiger partial charge in [-0.3, -0.25) is 0 Å². The molecule has 0 aliphatic rings. The summed E-state index contributed by atoms with van der Waals surface area (Å²) < 4.78 is 11.8. The van der Waals surface area contributed by atoms with Crippen molar-refractivity contribution in [3.05, 3.63) is 0 Å². The highest BCUT2D eigenvalue weighted by Crippen LogP contribution is 2.29. The van der Waals surface area contributed by atoms with Crippen molar-refractivity contribution in [3.8, 4) is 0 Å². The quantitative estimate of drug-likeness (QED) is 0.558. The fourth-order valence-corrected chi connectivity index (χ4v) is 1.92. The summed E-state index contributed by atoms with van der Waals surface area (Å²) in [6.45, 7) is 19.4. The van der Waals surface area contributed by atoms with Crippen LogP contribution < -0.4 is 0 Å². The summed E-state index contributed by atoms with van der Waals surface area (Å²) in [4.78, 5) is 0. The molecule has 0 spiro atoms. The summed E-state index contributed by atoms with van der Waals surface area (Å²) in [5, 5.41) is 12.2. The van der Waals surface area contributed by atoms with Gasteiger partial charge in [-0.2, -0.15) is 0 Å². The Kier molecular flexibility index (Phi) is 8.45. The second-order valence-corrected chi connectivity index (χ2v) is 7.91. The summed E-state index contributed by atoms with van der Waals surface area (Å²) in [6, 6.07) is 0. The van der Waals surface area contributed by atoms with E-state index in [1.807, 2.05) is 27.7 Å². The van der Waals surface area contributed by atoms with E-state index in [-0.39, 0.29) is 23.4 Å². The Hall–Kier alpha value is -0.120. The van der Waals surface area contributed by atoms with Gasteiger partial charge in [0.25, 0.3) is 0 Å². The molecule has 1 radical (unpaired) electrons. The van der Waals surface area contributed by atoms with Crippen LogP contribution in [0.1, 0.15) is 75.2 Å². The lowest BCUT2D eigenvalue weighted by atomic mass is 9.89. The lowest BCUT2D eigenvalue weighted by Crippen LogP contribution is -2.42. The van der Waals surface area contributed by atoms with Gasteiger partial charge in [0, 0.05) is 11.8 Å². The molecule has 0 aliphatic carbocycles. The molecular formula is C18H37O3. The number of hydrogen-bond acceptors (Lipinski definition) is 2. The van der Waals surface area contributed by atoms with Gasteiger partial charge in [-0.1, -0.05) is 41.5 Å². The molecule has 0 amide bonds. The van der Waals surface area contributed by atoms with E-state index >= 15 is 0 Å². The fraction of sp³-hybridized carbons (Fsp3) is 1.00. The first-order chi connectivity index (χ1) is 9.45. The van der Waals surface area contributed by atoms with Crippen molar-refractivity contribution in [2.45, 2.75) is 93.2 Å². The van der Waals surface area contributed by atoms with Gasteiger partial charge in [0.15, 0.2) is 6.29 Å². The minimum Gasteiger partial charge on any atom is -0.378 e. The van der Waals surface area contributed by atoms with E-state index in [4.69, 9.17) is 9.47 Å². The Bertz CT molecular complexity index is 277. The molecule has 0 aromatic heterocycles. The molecule has 0 aromatic carbocycles. The highest BCUT2D eigenvalue weighted by atomic mass is 16.6. The first-order valence-corrected chi connectivity index (χ1v) is 8.40. The Morgan fingerprint density at radius 2 is 1.43 bits per heavy atom. The molecule has 0 saturated carbocycles. The van der Waals surface area contributed by atoms with Crippen molar-refractivity contribution in [1.29, 1.82) is 0 Å². The third-order valence-electron chi connectivity index (χ3n) is 4.86. The van der Waals surface area contributed by atoms with Gasteiger partial charge in [0.2, 0.25) is 0 Å². The van der Waals surface area contributed by atoms with Crippen LogP contribution in [0.2, 0.25) is 0 Å². The topological polar surface area (TPSA) is 38.4 Å². The molecule has 0 bridgehead atoms. The highest BCUT2D eigenvalue weighted by molar-refractivity contribution is 4.79. The van der Waals surface area contributed by atoms with Crippen molar-refractivity contribution < 1.29 is 14.6 Å². The van der Waals surface area contributed by atoms with Crippen LogP contribution in [0.3, 0.4) is 0 Å². The number of ether oxygens (including phenoxy) is 2. The Morgan fingerprint density at radius 3 is 1.81 bits per heavy atom. The lowest BCUT2D eigenvalue weighted by molar-refractivity contribution is -0.244. The smallest absolute Gasteiger partial charge is 0.194 e. The highest BCUT2D eigenvalue weighted by Gasteiger charge is 2.33. The van der Waals surface area contributed by atoms with E-state index in [0.29, 0.717) is 6.61 Å². The molecule has 0 aliphatic heterocycles. The van der Waals surface area contributed by atoms with E-state index in [1.165, 1.54) is 0 Å². The van der Waals surface area contributed by atoms with E-state index in [0.717, 1.165) is 12.8 Å². The molecule has 3 atom stereocenters. The molecular weight excluding hydrogens is 264 g/mol. The molecule has 0 aromatic rings. The van der Waals surface area contributed by atoms with Crippen LogP contribution in [-0.2, 0) is 14.6 Å². The number of rotatable bonds is 9. The van der Waals surface area contributed by atoms with Crippen LogP contribution >= 0.6 is 0 Å². The average Bonchev–Trinajstić information content (AvgIpc) is 2.34. The zero-order valence-corrected chi connectivity index (χ0v) is 15.7. The SMILES string of the molecule is CCC(CC)C([O])OC(C)(C)C(C)COC(C)C(C)(C)C. The first-order valence-electron chi connectivity index (χ1n) is 8.40. The molecule has 0 N–H and O–H groups in total. The van der Waals surface area contributed by atoms with Crippen molar-refractivity contribution in [2.75, 3.05) is 6.61 Å². The van der Waals surface area contributed by atoms with Crippen LogP contribution in [0, 0.1) is 17.3 Å². The Balaban J connectivity index is 4.48. The Labute approximate surface area is 132 Å².